The third kappa shape index (κ3) is 4.75. The number of fused-ring (bicyclic) bond motifs is 3. The van der Waals surface area contributed by atoms with Gasteiger partial charge in [-0.2, -0.15) is 0 Å². The van der Waals surface area contributed by atoms with E-state index >= 15 is 0 Å². The minimum absolute atomic E-state index is 0.0341. The van der Waals surface area contributed by atoms with Crippen molar-refractivity contribution in [3.63, 3.8) is 0 Å². The van der Waals surface area contributed by atoms with Gasteiger partial charge >= 0.3 is 0 Å². The standard InChI is InChI=1S/C27H33N3O3S2/c1-4-33-20-14-12-19(13-15-20)30-26(32)24-21-10-5-6-11-22(21)35-25(24)28-27(30)34-16-23(31)29-17(2)8-7-9-18(29)3/h12-15,17-18H,4-11,16H2,1-3H3/t17-,18+. The van der Waals surface area contributed by atoms with Crippen molar-refractivity contribution in [2.45, 2.75) is 83.0 Å². The first-order valence-electron chi connectivity index (χ1n) is 12.7. The molecule has 1 aromatic carbocycles. The molecule has 1 aliphatic carbocycles. The van der Waals surface area contributed by atoms with Crippen molar-refractivity contribution in [1.29, 1.82) is 0 Å². The summed E-state index contributed by atoms with van der Waals surface area (Å²) < 4.78 is 7.29. The maximum Gasteiger partial charge on any atom is 0.267 e. The number of aromatic nitrogens is 2. The number of likely N-dealkylation sites (tertiary alicyclic amines) is 1. The molecular formula is C27H33N3O3S2. The summed E-state index contributed by atoms with van der Waals surface area (Å²) in [5, 5.41) is 1.34. The summed E-state index contributed by atoms with van der Waals surface area (Å²) in [5.41, 5.74) is 1.89. The molecule has 0 radical (unpaired) electrons. The van der Waals surface area contributed by atoms with Crippen molar-refractivity contribution < 1.29 is 9.53 Å². The summed E-state index contributed by atoms with van der Waals surface area (Å²) in [6, 6.07) is 8.07. The molecule has 1 amide bonds. The molecule has 0 N–H and O–H groups in total. The van der Waals surface area contributed by atoms with Gasteiger partial charge in [-0.25, -0.2) is 4.98 Å². The zero-order valence-electron chi connectivity index (χ0n) is 20.7. The Bertz CT molecular complexity index is 1270. The van der Waals surface area contributed by atoms with Crippen LogP contribution in [0.25, 0.3) is 15.9 Å². The number of carbonyl (C=O) groups excluding carboxylic acids is 1. The van der Waals surface area contributed by atoms with E-state index in [1.54, 1.807) is 15.9 Å². The molecule has 1 saturated heterocycles. The molecule has 0 bridgehead atoms. The first-order chi connectivity index (χ1) is 17.0. The van der Waals surface area contributed by atoms with Gasteiger partial charge in [0.2, 0.25) is 5.91 Å². The second kappa shape index (κ2) is 10.3. The fourth-order valence-corrected chi connectivity index (χ4v) is 7.67. The third-order valence-corrected chi connectivity index (χ3v) is 9.28. The zero-order valence-corrected chi connectivity index (χ0v) is 22.3. The predicted molar refractivity (Wildman–Crippen MR) is 143 cm³/mol. The molecule has 5 rings (SSSR count). The number of hydrogen-bond donors (Lipinski definition) is 0. The zero-order chi connectivity index (χ0) is 24.5. The molecule has 0 saturated carbocycles. The first kappa shape index (κ1) is 24.4. The fraction of sp³-hybridized carbons (Fsp3) is 0.519. The predicted octanol–water partition coefficient (Wildman–Crippen LogP) is 5.61. The highest BCUT2D eigenvalue weighted by Gasteiger charge is 2.29. The number of ether oxygens (including phenoxy) is 1. The van der Waals surface area contributed by atoms with Gasteiger partial charge in [0.05, 0.1) is 23.4 Å². The van der Waals surface area contributed by atoms with Crippen molar-refractivity contribution in [3.8, 4) is 11.4 Å². The van der Waals surface area contributed by atoms with E-state index in [0.29, 0.717) is 11.8 Å². The molecule has 2 atom stereocenters. The van der Waals surface area contributed by atoms with Gasteiger partial charge in [0, 0.05) is 17.0 Å². The van der Waals surface area contributed by atoms with Crippen LogP contribution in [0.1, 0.15) is 63.3 Å². The lowest BCUT2D eigenvalue weighted by atomic mass is 9.97. The summed E-state index contributed by atoms with van der Waals surface area (Å²) in [6.07, 6.45) is 7.48. The van der Waals surface area contributed by atoms with Gasteiger partial charge in [0.15, 0.2) is 5.16 Å². The van der Waals surface area contributed by atoms with Crippen molar-refractivity contribution in [2.24, 2.45) is 0 Å². The van der Waals surface area contributed by atoms with Crippen LogP contribution in [-0.4, -0.2) is 44.8 Å². The normalized spacial score (nSPS) is 20.1. The first-order valence-corrected chi connectivity index (χ1v) is 14.5. The van der Waals surface area contributed by atoms with E-state index in [0.717, 1.165) is 66.6 Å². The monoisotopic (exact) mass is 511 g/mol. The summed E-state index contributed by atoms with van der Waals surface area (Å²) >= 11 is 3.02. The molecule has 186 valence electrons. The minimum atomic E-state index is -0.0341. The number of amides is 1. The summed E-state index contributed by atoms with van der Waals surface area (Å²) in [4.78, 5) is 36.3. The van der Waals surface area contributed by atoms with Gasteiger partial charge in [-0.3, -0.25) is 14.2 Å². The number of thiophene rings is 1. The maximum absolute atomic E-state index is 13.9. The van der Waals surface area contributed by atoms with Gasteiger partial charge < -0.3 is 9.64 Å². The van der Waals surface area contributed by atoms with Crippen LogP contribution in [0.3, 0.4) is 0 Å². The van der Waals surface area contributed by atoms with Gasteiger partial charge in [-0.15, -0.1) is 11.3 Å². The average Bonchev–Trinajstić information content (AvgIpc) is 3.22. The minimum Gasteiger partial charge on any atom is -0.494 e. The van der Waals surface area contributed by atoms with E-state index in [4.69, 9.17) is 9.72 Å². The van der Waals surface area contributed by atoms with Gasteiger partial charge in [0.1, 0.15) is 10.6 Å². The molecular weight excluding hydrogens is 478 g/mol. The quantitative estimate of drug-likeness (QED) is 0.318. The Labute approximate surface area is 214 Å². The van der Waals surface area contributed by atoms with Crippen LogP contribution in [-0.2, 0) is 17.6 Å². The Kier molecular flexibility index (Phi) is 7.21. The Morgan fingerprint density at radius 1 is 1.11 bits per heavy atom. The fourth-order valence-electron chi connectivity index (χ4n) is 5.48. The van der Waals surface area contributed by atoms with Crippen molar-refractivity contribution >= 4 is 39.2 Å². The highest BCUT2D eigenvalue weighted by molar-refractivity contribution is 7.99. The van der Waals surface area contributed by atoms with Crippen LogP contribution in [0.4, 0.5) is 0 Å². The number of piperidine rings is 1. The lowest BCUT2D eigenvalue weighted by molar-refractivity contribution is -0.134. The number of carbonyl (C=O) groups is 1. The average molecular weight is 512 g/mol. The highest BCUT2D eigenvalue weighted by atomic mass is 32.2. The Hall–Kier alpha value is -2.32. The van der Waals surface area contributed by atoms with Gasteiger partial charge in [-0.1, -0.05) is 11.8 Å². The highest BCUT2D eigenvalue weighted by Crippen LogP contribution is 2.35. The van der Waals surface area contributed by atoms with Crippen LogP contribution < -0.4 is 10.3 Å². The second-order valence-electron chi connectivity index (χ2n) is 9.57. The maximum atomic E-state index is 13.9. The molecule has 0 spiro atoms. The van der Waals surface area contributed by atoms with E-state index in [9.17, 15) is 9.59 Å². The van der Waals surface area contributed by atoms with Crippen LogP contribution in [0, 0.1) is 0 Å². The van der Waals surface area contributed by atoms with Crippen LogP contribution in [0.2, 0.25) is 0 Å². The van der Waals surface area contributed by atoms with Crippen LogP contribution >= 0.6 is 23.1 Å². The smallest absolute Gasteiger partial charge is 0.267 e. The van der Waals surface area contributed by atoms with E-state index < -0.39 is 0 Å². The summed E-state index contributed by atoms with van der Waals surface area (Å²) in [5.74, 6) is 1.16. The van der Waals surface area contributed by atoms with E-state index in [-0.39, 0.29) is 29.3 Å². The number of rotatable bonds is 6. The molecule has 1 fully saturated rings. The second-order valence-corrected chi connectivity index (χ2v) is 11.6. The van der Waals surface area contributed by atoms with Crippen LogP contribution in [0.5, 0.6) is 5.75 Å². The lowest BCUT2D eigenvalue weighted by Gasteiger charge is -2.39. The number of thioether (sulfide) groups is 1. The van der Waals surface area contributed by atoms with Crippen molar-refractivity contribution in [3.05, 3.63) is 45.1 Å². The molecule has 3 aromatic rings. The Morgan fingerprint density at radius 2 is 1.83 bits per heavy atom. The number of nitrogens with zero attached hydrogens (tertiary/aromatic N) is 3. The third-order valence-electron chi connectivity index (χ3n) is 7.17. The molecule has 6 nitrogen and oxygen atoms in total. The number of hydrogen-bond acceptors (Lipinski definition) is 6. The summed E-state index contributed by atoms with van der Waals surface area (Å²) in [6.45, 7) is 6.80. The van der Waals surface area contributed by atoms with Crippen molar-refractivity contribution in [2.75, 3.05) is 12.4 Å². The molecule has 1 aliphatic heterocycles. The topological polar surface area (TPSA) is 64.4 Å². The lowest BCUT2D eigenvalue weighted by Crippen LogP contribution is -2.48. The molecule has 35 heavy (non-hydrogen) atoms. The molecule has 2 aromatic heterocycles. The molecule has 2 aliphatic rings. The van der Waals surface area contributed by atoms with E-state index in [1.165, 1.54) is 22.2 Å². The van der Waals surface area contributed by atoms with Gasteiger partial charge in [-0.05, 0) is 95.5 Å². The van der Waals surface area contributed by atoms with E-state index in [1.807, 2.05) is 36.1 Å². The molecule has 0 unspecified atom stereocenters. The van der Waals surface area contributed by atoms with Crippen LogP contribution in [0.15, 0.2) is 34.2 Å². The SMILES string of the molecule is CCOc1ccc(-n2c(SCC(=O)N3[C@H](C)CCC[C@@H]3C)nc3sc4c(c3c2=O)CCCC4)cc1. The van der Waals surface area contributed by atoms with E-state index in [2.05, 4.69) is 13.8 Å². The molecule has 3 heterocycles. The Balaban J connectivity index is 1.54. The number of benzene rings is 1. The Morgan fingerprint density at radius 3 is 2.54 bits per heavy atom. The summed E-state index contributed by atoms with van der Waals surface area (Å²) in [7, 11) is 0. The largest absolute Gasteiger partial charge is 0.494 e. The van der Waals surface area contributed by atoms with Gasteiger partial charge in [0.25, 0.3) is 5.56 Å². The number of aryl methyl sites for hydroxylation is 2. The van der Waals surface area contributed by atoms with Crippen molar-refractivity contribution in [1.82, 2.24) is 14.5 Å². The molecule has 8 heteroatoms.